The van der Waals surface area contributed by atoms with Gasteiger partial charge in [-0.25, -0.2) is 4.98 Å². The Labute approximate surface area is 164 Å². The standard InChI is InChI=1S/C18H19N5O2.C3H6/c1-3-15(23-25)17-4-11(2)14(9-20-17)16-5-12-8-21-18(22-10-24)6-13(12)7-19-16;1-2-3-1/h4-10,17,20,25H,3H2,1-2H3,(H,21,22,24);1-3H2/b23-15-;. The van der Waals surface area contributed by atoms with Gasteiger partial charge in [0.15, 0.2) is 0 Å². The summed E-state index contributed by atoms with van der Waals surface area (Å²) in [5, 5.41) is 20.0. The van der Waals surface area contributed by atoms with E-state index in [2.05, 4.69) is 25.8 Å². The van der Waals surface area contributed by atoms with Gasteiger partial charge in [-0.1, -0.05) is 37.4 Å². The first-order chi connectivity index (χ1) is 13.7. The monoisotopic (exact) mass is 379 g/mol. The van der Waals surface area contributed by atoms with Crippen molar-refractivity contribution in [2.75, 3.05) is 5.32 Å². The van der Waals surface area contributed by atoms with Crippen LogP contribution in [0.15, 0.2) is 47.5 Å². The number of pyridine rings is 2. The summed E-state index contributed by atoms with van der Waals surface area (Å²) in [6.45, 7) is 3.95. The van der Waals surface area contributed by atoms with Crippen LogP contribution in [0.2, 0.25) is 0 Å². The number of rotatable bonds is 5. The van der Waals surface area contributed by atoms with Gasteiger partial charge in [0.25, 0.3) is 0 Å². The number of hydrogen-bond donors (Lipinski definition) is 3. The number of carbonyl (C=O) groups excluding carboxylic acids is 1. The molecule has 0 spiro atoms. The summed E-state index contributed by atoms with van der Waals surface area (Å²) >= 11 is 0. The minimum absolute atomic E-state index is 0.113. The van der Waals surface area contributed by atoms with Crippen molar-refractivity contribution in [3.8, 4) is 0 Å². The number of carbonyl (C=O) groups is 1. The fourth-order valence-corrected chi connectivity index (χ4v) is 2.82. The lowest BCUT2D eigenvalue weighted by molar-refractivity contribution is -0.105. The zero-order valence-corrected chi connectivity index (χ0v) is 16.1. The van der Waals surface area contributed by atoms with E-state index in [0.29, 0.717) is 24.4 Å². The van der Waals surface area contributed by atoms with Crippen molar-refractivity contribution >= 4 is 34.3 Å². The number of anilines is 1. The first kappa shape index (κ1) is 19.5. The molecule has 3 N–H and O–H groups in total. The molecular weight excluding hydrogens is 354 g/mol. The average Bonchev–Trinajstić information content (AvgIpc) is 3.58. The molecule has 4 rings (SSSR count). The quantitative estimate of drug-likeness (QED) is 0.317. The maximum atomic E-state index is 10.5. The minimum Gasteiger partial charge on any atom is -0.411 e. The Morgan fingerprint density at radius 3 is 2.61 bits per heavy atom. The number of amides is 1. The minimum atomic E-state index is -0.113. The Balaban J connectivity index is 0.000000684. The number of aromatic nitrogens is 2. The Morgan fingerprint density at radius 2 is 2.00 bits per heavy atom. The molecule has 0 saturated heterocycles. The summed E-state index contributed by atoms with van der Waals surface area (Å²) in [5.74, 6) is 0.491. The summed E-state index contributed by atoms with van der Waals surface area (Å²) in [6.07, 6.45) is 13.1. The van der Waals surface area contributed by atoms with E-state index in [-0.39, 0.29) is 6.04 Å². The molecule has 1 amide bonds. The molecular formula is C21H25N5O2. The summed E-state index contributed by atoms with van der Waals surface area (Å²) in [6, 6.07) is 3.62. The number of dihydropyridines is 1. The molecule has 28 heavy (non-hydrogen) atoms. The van der Waals surface area contributed by atoms with Gasteiger partial charge in [-0.05, 0) is 31.1 Å². The highest BCUT2D eigenvalue weighted by atomic mass is 16.4. The third-order valence-electron chi connectivity index (χ3n) is 4.54. The molecule has 2 aromatic rings. The van der Waals surface area contributed by atoms with Crippen LogP contribution in [0, 0.1) is 0 Å². The second kappa shape index (κ2) is 9.12. The number of hydrogen-bond acceptors (Lipinski definition) is 6. The molecule has 0 bridgehead atoms. The van der Waals surface area contributed by atoms with E-state index in [1.165, 1.54) is 19.3 Å². The molecule has 1 unspecified atom stereocenters. The lowest BCUT2D eigenvalue weighted by Gasteiger charge is -2.22. The fraction of sp³-hybridized carbons (Fsp3) is 0.333. The molecule has 0 radical (unpaired) electrons. The number of allylic oxidation sites excluding steroid dienone is 2. The number of fused-ring (bicyclic) bond motifs is 1. The van der Waals surface area contributed by atoms with E-state index in [9.17, 15) is 4.79 Å². The number of nitrogens with one attached hydrogen (secondary N) is 2. The topological polar surface area (TPSA) is 99.5 Å². The fourth-order valence-electron chi connectivity index (χ4n) is 2.82. The molecule has 2 aromatic heterocycles. The highest BCUT2D eigenvalue weighted by Crippen LogP contribution is 2.27. The van der Waals surface area contributed by atoms with Gasteiger partial charge in [-0.15, -0.1) is 0 Å². The van der Waals surface area contributed by atoms with E-state index >= 15 is 0 Å². The van der Waals surface area contributed by atoms with Crippen LogP contribution >= 0.6 is 0 Å². The van der Waals surface area contributed by atoms with Crippen LogP contribution < -0.4 is 10.6 Å². The van der Waals surface area contributed by atoms with Gasteiger partial charge < -0.3 is 15.8 Å². The third kappa shape index (κ3) is 4.73. The Hall–Kier alpha value is -3.22. The van der Waals surface area contributed by atoms with E-state index in [0.717, 1.165) is 27.6 Å². The number of nitrogens with zero attached hydrogens (tertiary/aromatic N) is 3. The van der Waals surface area contributed by atoms with Gasteiger partial charge in [0.2, 0.25) is 6.41 Å². The van der Waals surface area contributed by atoms with Gasteiger partial charge in [-0.2, -0.15) is 0 Å². The van der Waals surface area contributed by atoms with Crippen LogP contribution in [-0.4, -0.2) is 33.3 Å². The largest absolute Gasteiger partial charge is 0.411 e. The molecule has 1 saturated carbocycles. The van der Waals surface area contributed by atoms with Gasteiger partial charge in [0, 0.05) is 34.9 Å². The molecule has 2 aliphatic rings. The molecule has 0 aromatic carbocycles. The first-order valence-electron chi connectivity index (χ1n) is 9.48. The molecule has 1 aliphatic heterocycles. The van der Waals surface area contributed by atoms with Crippen molar-refractivity contribution in [1.82, 2.24) is 15.3 Å². The highest BCUT2D eigenvalue weighted by Gasteiger charge is 2.18. The molecule has 3 heterocycles. The van der Waals surface area contributed by atoms with Crippen LogP contribution in [0.5, 0.6) is 0 Å². The van der Waals surface area contributed by atoms with Gasteiger partial charge >= 0.3 is 0 Å². The predicted molar refractivity (Wildman–Crippen MR) is 111 cm³/mol. The smallest absolute Gasteiger partial charge is 0.212 e. The first-order valence-corrected chi connectivity index (χ1v) is 9.48. The second-order valence-corrected chi connectivity index (χ2v) is 6.81. The summed E-state index contributed by atoms with van der Waals surface area (Å²) in [5.41, 5.74) is 3.53. The average molecular weight is 379 g/mol. The van der Waals surface area contributed by atoms with E-state index < -0.39 is 0 Å². The summed E-state index contributed by atoms with van der Waals surface area (Å²) in [7, 11) is 0. The van der Waals surface area contributed by atoms with Crippen LogP contribution in [0.1, 0.15) is 45.2 Å². The molecule has 1 aliphatic carbocycles. The summed E-state index contributed by atoms with van der Waals surface area (Å²) in [4.78, 5) is 19.2. The second-order valence-electron chi connectivity index (χ2n) is 6.81. The number of oxime groups is 1. The van der Waals surface area contributed by atoms with Crippen molar-refractivity contribution in [3.05, 3.63) is 48.1 Å². The molecule has 7 nitrogen and oxygen atoms in total. The zero-order valence-electron chi connectivity index (χ0n) is 16.1. The van der Waals surface area contributed by atoms with Crippen molar-refractivity contribution in [1.29, 1.82) is 0 Å². The van der Waals surface area contributed by atoms with Crippen LogP contribution in [0.3, 0.4) is 0 Å². The SMILES string of the molecule is C1CC1.CC/C(=N/O)C1C=C(C)C(c2cc3cnc(NC=O)cc3cn2)=CN1. The highest BCUT2D eigenvalue weighted by molar-refractivity contribution is 5.94. The van der Waals surface area contributed by atoms with Crippen molar-refractivity contribution < 1.29 is 10.0 Å². The van der Waals surface area contributed by atoms with Crippen LogP contribution in [0.4, 0.5) is 5.82 Å². The zero-order chi connectivity index (χ0) is 19.9. The van der Waals surface area contributed by atoms with Gasteiger partial charge in [-0.3, -0.25) is 9.78 Å². The maximum Gasteiger partial charge on any atom is 0.212 e. The van der Waals surface area contributed by atoms with E-state index in [1.54, 1.807) is 18.5 Å². The van der Waals surface area contributed by atoms with Crippen LogP contribution in [-0.2, 0) is 4.79 Å². The lowest BCUT2D eigenvalue weighted by Crippen LogP contribution is -2.33. The maximum absolute atomic E-state index is 10.5. The van der Waals surface area contributed by atoms with Crippen molar-refractivity contribution in [3.63, 3.8) is 0 Å². The Morgan fingerprint density at radius 1 is 1.29 bits per heavy atom. The predicted octanol–water partition coefficient (Wildman–Crippen LogP) is 3.87. The summed E-state index contributed by atoms with van der Waals surface area (Å²) < 4.78 is 0. The van der Waals surface area contributed by atoms with Gasteiger partial charge in [0.1, 0.15) is 5.82 Å². The molecule has 146 valence electrons. The van der Waals surface area contributed by atoms with Gasteiger partial charge in [0.05, 0.1) is 17.4 Å². The third-order valence-corrected chi connectivity index (χ3v) is 4.54. The lowest BCUT2D eigenvalue weighted by atomic mass is 9.96. The van der Waals surface area contributed by atoms with E-state index in [4.69, 9.17) is 5.21 Å². The Kier molecular flexibility index (Phi) is 6.37. The Bertz CT molecular complexity index is 944. The molecule has 1 atom stereocenters. The van der Waals surface area contributed by atoms with Crippen LogP contribution in [0.25, 0.3) is 16.3 Å². The molecule has 1 fully saturated rings. The van der Waals surface area contributed by atoms with Crippen molar-refractivity contribution in [2.24, 2.45) is 5.16 Å². The normalized spacial score (nSPS) is 18.2. The van der Waals surface area contributed by atoms with Crippen molar-refractivity contribution in [2.45, 2.75) is 45.6 Å². The van der Waals surface area contributed by atoms with E-state index in [1.807, 2.05) is 32.2 Å². The molecule has 7 heteroatoms.